The summed E-state index contributed by atoms with van der Waals surface area (Å²) in [6, 6.07) is 11.6. The number of benzene rings is 2. The number of piperidine rings is 1. The summed E-state index contributed by atoms with van der Waals surface area (Å²) in [5, 5.41) is 0.675. The highest BCUT2D eigenvalue weighted by Crippen LogP contribution is 2.32. The zero-order valence-corrected chi connectivity index (χ0v) is 17.5. The summed E-state index contributed by atoms with van der Waals surface area (Å²) < 4.78 is 13.5. The van der Waals surface area contributed by atoms with E-state index in [0.29, 0.717) is 18.3 Å². The van der Waals surface area contributed by atoms with E-state index in [1.807, 2.05) is 41.3 Å². The van der Waals surface area contributed by atoms with Crippen molar-refractivity contribution in [2.75, 3.05) is 20.2 Å². The molecular weight excluding hydrogens is 406 g/mol. The summed E-state index contributed by atoms with van der Waals surface area (Å²) in [6.45, 7) is 1.37. The van der Waals surface area contributed by atoms with Gasteiger partial charge in [0.1, 0.15) is 11.9 Å². The largest absolute Gasteiger partial charge is 0.497 e. The van der Waals surface area contributed by atoms with Gasteiger partial charge < -0.3 is 14.4 Å². The second-order valence-electron chi connectivity index (χ2n) is 6.96. The Morgan fingerprint density at radius 3 is 2.79 bits per heavy atom. The Balaban J connectivity index is 1.22. The first-order valence-electron chi connectivity index (χ1n) is 9.43. The third-order valence-corrected chi connectivity index (χ3v) is 6.87. The minimum absolute atomic E-state index is 0.0745. The number of carbonyl (C=O) groups excluding carboxylic acids is 1. The maximum absolute atomic E-state index is 12.9. The van der Waals surface area contributed by atoms with Crippen molar-refractivity contribution in [2.45, 2.75) is 18.9 Å². The van der Waals surface area contributed by atoms with Crippen molar-refractivity contribution in [3.05, 3.63) is 47.5 Å². The van der Waals surface area contributed by atoms with Crippen LogP contribution in [-0.4, -0.2) is 47.1 Å². The van der Waals surface area contributed by atoms with Crippen LogP contribution in [0.4, 0.5) is 0 Å². The molecule has 148 valence electrons. The first kappa shape index (κ1) is 18.3. The number of likely N-dealkylation sites (tertiary alicyclic amines) is 1. The van der Waals surface area contributed by atoms with Crippen LogP contribution < -0.4 is 9.47 Å². The van der Waals surface area contributed by atoms with Gasteiger partial charge in [-0.05, 0) is 30.3 Å². The molecule has 2 aromatic carbocycles. The number of hydrogen-bond acceptors (Lipinski definition) is 7. The van der Waals surface area contributed by atoms with Gasteiger partial charge in [-0.1, -0.05) is 11.3 Å². The molecule has 0 bridgehead atoms. The van der Waals surface area contributed by atoms with E-state index in [9.17, 15) is 4.79 Å². The van der Waals surface area contributed by atoms with Gasteiger partial charge in [0, 0.05) is 37.6 Å². The highest BCUT2D eigenvalue weighted by atomic mass is 32.1. The van der Waals surface area contributed by atoms with Crippen LogP contribution in [0.3, 0.4) is 0 Å². The lowest BCUT2D eigenvalue weighted by molar-refractivity contribution is 0.0595. The molecule has 0 spiro atoms. The lowest BCUT2D eigenvalue weighted by Gasteiger charge is -2.31. The molecule has 3 heterocycles. The fourth-order valence-corrected chi connectivity index (χ4v) is 5.13. The van der Waals surface area contributed by atoms with Crippen LogP contribution in [0.1, 0.15) is 23.2 Å². The summed E-state index contributed by atoms with van der Waals surface area (Å²) >= 11 is 3.10. The molecule has 4 aromatic rings. The van der Waals surface area contributed by atoms with Gasteiger partial charge in [-0.25, -0.2) is 9.97 Å². The highest BCUT2D eigenvalue weighted by molar-refractivity contribution is 7.20. The Bertz CT molecular complexity index is 1180. The van der Waals surface area contributed by atoms with E-state index >= 15 is 0 Å². The van der Waals surface area contributed by atoms with E-state index in [0.717, 1.165) is 44.6 Å². The van der Waals surface area contributed by atoms with Crippen molar-refractivity contribution in [3.8, 4) is 10.9 Å². The topological polar surface area (TPSA) is 64.6 Å². The minimum atomic E-state index is 0.0745. The van der Waals surface area contributed by atoms with E-state index in [-0.39, 0.29) is 12.0 Å². The number of amides is 1. The van der Waals surface area contributed by atoms with E-state index in [1.165, 1.54) is 0 Å². The smallest absolute Gasteiger partial charge is 0.274 e. The average Bonchev–Trinajstić information content (AvgIpc) is 3.38. The third kappa shape index (κ3) is 3.65. The summed E-state index contributed by atoms with van der Waals surface area (Å²) in [5.74, 6) is 0.864. The molecule has 1 aliphatic heterocycles. The number of thiazole rings is 2. The van der Waals surface area contributed by atoms with Crippen molar-refractivity contribution in [1.29, 1.82) is 0 Å². The number of carbonyl (C=O) groups is 1. The fraction of sp³-hybridized carbons (Fsp3) is 0.286. The number of fused-ring (bicyclic) bond motifs is 2. The summed E-state index contributed by atoms with van der Waals surface area (Å²) in [5.41, 5.74) is 4.35. The maximum atomic E-state index is 12.9. The number of ether oxygens (including phenoxy) is 2. The number of hydrogen-bond donors (Lipinski definition) is 0. The molecule has 1 aliphatic rings. The van der Waals surface area contributed by atoms with E-state index in [2.05, 4.69) is 9.97 Å². The summed E-state index contributed by atoms with van der Waals surface area (Å²) in [4.78, 5) is 23.6. The molecule has 1 fully saturated rings. The van der Waals surface area contributed by atoms with Crippen molar-refractivity contribution in [1.82, 2.24) is 14.9 Å². The molecule has 29 heavy (non-hydrogen) atoms. The Hall–Kier alpha value is -2.71. The molecule has 0 atom stereocenters. The Morgan fingerprint density at radius 2 is 1.97 bits per heavy atom. The first-order valence-corrected chi connectivity index (χ1v) is 11.1. The second kappa shape index (κ2) is 7.61. The van der Waals surface area contributed by atoms with Crippen molar-refractivity contribution in [3.63, 3.8) is 0 Å². The second-order valence-corrected chi connectivity index (χ2v) is 8.84. The standard InChI is InChI=1S/C21H19N3O3S2/c1-26-15-3-5-18-17(11-15)23-21(29-18)27-14-6-8-24(9-7-14)20(25)13-2-4-16-19(10-13)28-12-22-16/h2-5,10-12,14H,6-9H2,1H3. The Labute approximate surface area is 175 Å². The van der Waals surface area contributed by atoms with Gasteiger partial charge in [0.15, 0.2) is 0 Å². The lowest BCUT2D eigenvalue weighted by atomic mass is 10.1. The molecule has 5 rings (SSSR count). The first-order chi connectivity index (χ1) is 14.2. The van der Waals surface area contributed by atoms with Crippen molar-refractivity contribution in [2.24, 2.45) is 0 Å². The van der Waals surface area contributed by atoms with Gasteiger partial charge >= 0.3 is 0 Å². The van der Waals surface area contributed by atoms with Crippen LogP contribution in [0.15, 0.2) is 41.9 Å². The van der Waals surface area contributed by atoms with Gasteiger partial charge in [-0.15, -0.1) is 11.3 Å². The van der Waals surface area contributed by atoms with Crippen LogP contribution in [0.5, 0.6) is 10.9 Å². The SMILES string of the molecule is COc1ccc2sc(OC3CCN(C(=O)c4ccc5ncsc5c4)CC3)nc2c1. The third-order valence-electron chi connectivity index (χ3n) is 5.15. The maximum Gasteiger partial charge on any atom is 0.274 e. The van der Waals surface area contributed by atoms with E-state index in [1.54, 1.807) is 35.3 Å². The predicted octanol–water partition coefficient (Wildman–Crippen LogP) is 4.60. The van der Waals surface area contributed by atoms with Gasteiger partial charge in [0.05, 0.1) is 33.1 Å². The summed E-state index contributed by atoms with van der Waals surface area (Å²) in [7, 11) is 1.65. The van der Waals surface area contributed by atoms with E-state index in [4.69, 9.17) is 9.47 Å². The molecule has 0 N–H and O–H groups in total. The van der Waals surface area contributed by atoms with Crippen molar-refractivity contribution >= 4 is 49.0 Å². The average molecular weight is 426 g/mol. The molecule has 2 aromatic heterocycles. The lowest BCUT2D eigenvalue weighted by Crippen LogP contribution is -2.41. The molecule has 8 heteroatoms. The van der Waals surface area contributed by atoms with Gasteiger partial charge in [-0.2, -0.15) is 0 Å². The minimum Gasteiger partial charge on any atom is -0.497 e. The molecule has 0 unspecified atom stereocenters. The molecule has 0 saturated carbocycles. The molecular formula is C21H19N3O3S2. The number of rotatable bonds is 4. The Morgan fingerprint density at radius 1 is 1.10 bits per heavy atom. The molecule has 1 amide bonds. The van der Waals surface area contributed by atoms with Gasteiger partial charge in [0.2, 0.25) is 0 Å². The quantitative estimate of drug-likeness (QED) is 0.478. The fourth-order valence-electron chi connectivity index (χ4n) is 3.55. The van der Waals surface area contributed by atoms with Crippen molar-refractivity contribution < 1.29 is 14.3 Å². The predicted molar refractivity (Wildman–Crippen MR) is 115 cm³/mol. The zero-order chi connectivity index (χ0) is 19.8. The van der Waals surface area contributed by atoms with Crippen LogP contribution in [-0.2, 0) is 0 Å². The Kier molecular flexibility index (Phi) is 4.81. The van der Waals surface area contributed by atoms with Crippen LogP contribution in [0.2, 0.25) is 0 Å². The van der Waals surface area contributed by atoms with Crippen LogP contribution in [0, 0.1) is 0 Å². The molecule has 0 aliphatic carbocycles. The normalized spacial score (nSPS) is 15.1. The van der Waals surface area contributed by atoms with E-state index < -0.39 is 0 Å². The summed E-state index contributed by atoms with van der Waals surface area (Å²) in [6.07, 6.45) is 1.67. The molecule has 0 radical (unpaired) electrons. The molecule has 1 saturated heterocycles. The van der Waals surface area contributed by atoms with Crippen LogP contribution >= 0.6 is 22.7 Å². The number of methoxy groups -OCH3 is 1. The van der Waals surface area contributed by atoms with Crippen LogP contribution in [0.25, 0.3) is 20.4 Å². The number of aromatic nitrogens is 2. The zero-order valence-electron chi connectivity index (χ0n) is 15.8. The number of nitrogens with zero attached hydrogens (tertiary/aromatic N) is 3. The monoisotopic (exact) mass is 425 g/mol. The van der Waals surface area contributed by atoms with Gasteiger partial charge in [-0.3, -0.25) is 4.79 Å². The van der Waals surface area contributed by atoms with Gasteiger partial charge in [0.25, 0.3) is 11.1 Å². The highest BCUT2D eigenvalue weighted by Gasteiger charge is 2.25. The molecule has 6 nitrogen and oxygen atoms in total.